The highest BCUT2D eigenvalue weighted by Crippen LogP contribution is 2.29. The van der Waals surface area contributed by atoms with E-state index in [1.165, 1.54) is 0 Å². The summed E-state index contributed by atoms with van der Waals surface area (Å²) in [6.45, 7) is 2.18. The largest absolute Gasteiger partial charge is 0.490 e. The van der Waals surface area contributed by atoms with Gasteiger partial charge in [-0.3, -0.25) is 0 Å². The zero-order valence-corrected chi connectivity index (χ0v) is 8.73. The van der Waals surface area contributed by atoms with Crippen LogP contribution in [0.1, 0.15) is 30.1 Å². The average Bonchev–Trinajstić information content (AvgIpc) is 3.03. The van der Waals surface area contributed by atoms with Crippen molar-refractivity contribution in [2.24, 2.45) is 0 Å². The Balaban J connectivity index is 2.16. The summed E-state index contributed by atoms with van der Waals surface area (Å²) >= 11 is 0. The van der Waals surface area contributed by atoms with E-state index in [1.54, 1.807) is 13.0 Å². The lowest BCUT2D eigenvalue weighted by Gasteiger charge is -2.09. The zero-order valence-electron chi connectivity index (χ0n) is 8.73. The molecule has 0 aromatic heterocycles. The third-order valence-corrected chi connectivity index (χ3v) is 2.20. The minimum absolute atomic E-state index is 0.292. The summed E-state index contributed by atoms with van der Waals surface area (Å²) in [5.74, 6) is 0.326. The second-order valence-corrected chi connectivity index (χ2v) is 3.53. The first-order chi connectivity index (χ1) is 7.31. The van der Waals surface area contributed by atoms with Gasteiger partial charge in [-0.1, -0.05) is 12.1 Å². The molecule has 0 heterocycles. The maximum atomic E-state index is 11.6. The predicted octanol–water partition coefficient (Wildman–Crippen LogP) is 2.40. The van der Waals surface area contributed by atoms with Crippen LogP contribution in [0, 0.1) is 0 Å². The Kier molecular flexibility index (Phi) is 2.90. The van der Waals surface area contributed by atoms with Gasteiger partial charge in [0.05, 0.1) is 12.7 Å². The van der Waals surface area contributed by atoms with Crippen molar-refractivity contribution in [3.63, 3.8) is 0 Å². The van der Waals surface area contributed by atoms with Crippen LogP contribution in [0.5, 0.6) is 5.75 Å². The van der Waals surface area contributed by atoms with E-state index in [-0.39, 0.29) is 5.97 Å². The number of carbonyl (C=O) groups excluding carboxylic acids is 1. The molecule has 0 N–H and O–H groups in total. The molecule has 0 saturated heterocycles. The summed E-state index contributed by atoms with van der Waals surface area (Å²) in [6.07, 6.45) is 2.45. The molecule has 1 aromatic carbocycles. The van der Waals surface area contributed by atoms with E-state index in [0.29, 0.717) is 24.0 Å². The zero-order chi connectivity index (χ0) is 10.7. The van der Waals surface area contributed by atoms with Crippen LogP contribution in [-0.2, 0) is 4.74 Å². The number of hydrogen-bond acceptors (Lipinski definition) is 3. The average molecular weight is 206 g/mol. The van der Waals surface area contributed by atoms with Crippen LogP contribution < -0.4 is 4.74 Å². The SMILES string of the molecule is CCOC(=O)c1ccccc1OC1CC1. The van der Waals surface area contributed by atoms with E-state index in [2.05, 4.69) is 0 Å². The van der Waals surface area contributed by atoms with Gasteiger partial charge in [0.15, 0.2) is 0 Å². The number of para-hydroxylation sites is 1. The number of esters is 1. The summed E-state index contributed by atoms with van der Waals surface area (Å²) < 4.78 is 10.6. The Morgan fingerprint density at radius 1 is 1.40 bits per heavy atom. The van der Waals surface area contributed by atoms with Gasteiger partial charge in [0, 0.05) is 0 Å². The van der Waals surface area contributed by atoms with Crippen molar-refractivity contribution in [3.05, 3.63) is 29.8 Å². The van der Waals surface area contributed by atoms with Gasteiger partial charge < -0.3 is 9.47 Å². The Labute approximate surface area is 89.0 Å². The fourth-order valence-electron chi connectivity index (χ4n) is 1.31. The lowest BCUT2D eigenvalue weighted by molar-refractivity contribution is 0.0521. The van der Waals surface area contributed by atoms with Crippen molar-refractivity contribution in [1.82, 2.24) is 0 Å². The van der Waals surface area contributed by atoms with Crippen LogP contribution >= 0.6 is 0 Å². The molecular formula is C12H14O3. The van der Waals surface area contributed by atoms with Crippen LogP contribution in [0.2, 0.25) is 0 Å². The molecule has 1 aromatic rings. The third-order valence-electron chi connectivity index (χ3n) is 2.20. The third kappa shape index (κ3) is 2.49. The second-order valence-electron chi connectivity index (χ2n) is 3.53. The Morgan fingerprint density at radius 3 is 2.80 bits per heavy atom. The van der Waals surface area contributed by atoms with Gasteiger partial charge in [0.25, 0.3) is 0 Å². The van der Waals surface area contributed by atoms with E-state index >= 15 is 0 Å². The molecule has 3 heteroatoms. The molecule has 0 spiro atoms. The molecule has 1 fully saturated rings. The van der Waals surface area contributed by atoms with Crippen LogP contribution in [0.4, 0.5) is 0 Å². The smallest absolute Gasteiger partial charge is 0.341 e. The monoisotopic (exact) mass is 206 g/mol. The van der Waals surface area contributed by atoms with Gasteiger partial charge in [-0.15, -0.1) is 0 Å². The molecule has 2 rings (SSSR count). The van der Waals surface area contributed by atoms with Crippen LogP contribution in [0.15, 0.2) is 24.3 Å². The molecule has 0 unspecified atom stereocenters. The molecule has 0 bridgehead atoms. The van der Waals surface area contributed by atoms with Gasteiger partial charge in [0.1, 0.15) is 11.3 Å². The van der Waals surface area contributed by atoms with Gasteiger partial charge in [-0.2, -0.15) is 0 Å². The number of carbonyl (C=O) groups is 1. The van der Waals surface area contributed by atoms with Crippen molar-refractivity contribution < 1.29 is 14.3 Å². The Hall–Kier alpha value is -1.51. The molecule has 0 aliphatic heterocycles. The Bertz CT molecular complexity index is 356. The summed E-state index contributed by atoms with van der Waals surface area (Å²) in [5.41, 5.74) is 0.520. The summed E-state index contributed by atoms with van der Waals surface area (Å²) in [7, 11) is 0. The molecule has 1 aliphatic rings. The second kappa shape index (κ2) is 4.34. The molecule has 0 atom stereocenters. The maximum Gasteiger partial charge on any atom is 0.341 e. The first-order valence-corrected chi connectivity index (χ1v) is 5.24. The topological polar surface area (TPSA) is 35.5 Å². The van der Waals surface area contributed by atoms with E-state index in [1.807, 2.05) is 18.2 Å². The van der Waals surface area contributed by atoms with Crippen molar-refractivity contribution in [2.45, 2.75) is 25.9 Å². The van der Waals surface area contributed by atoms with E-state index < -0.39 is 0 Å². The van der Waals surface area contributed by atoms with Crippen LogP contribution in [-0.4, -0.2) is 18.7 Å². The quantitative estimate of drug-likeness (QED) is 0.709. The Morgan fingerprint density at radius 2 is 2.13 bits per heavy atom. The minimum Gasteiger partial charge on any atom is -0.490 e. The highest BCUT2D eigenvalue weighted by atomic mass is 16.5. The molecule has 3 nitrogen and oxygen atoms in total. The van der Waals surface area contributed by atoms with E-state index in [4.69, 9.17) is 9.47 Å². The predicted molar refractivity (Wildman–Crippen MR) is 56.0 cm³/mol. The first kappa shape index (κ1) is 10.0. The highest BCUT2D eigenvalue weighted by Gasteiger charge is 2.25. The van der Waals surface area contributed by atoms with E-state index in [0.717, 1.165) is 12.8 Å². The fourth-order valence-corrected chi connectivity index (χ4v) is 1.31. The molecule has 80 valence electrons. The van der Waals surface area contributed by atoms with Crippen molar-refractivity contribution in [3.8, 4) is 5.75 Å². The lowest BCUT2D eigenvalue weighted by atomic mass is 10.2. The van der Waals surface area contributed by atoms with Crippen molar-refractivity contribution in [1.29, 1.82) is 0 Å². The highest BCUT2D eigenvalue weighted by molar-refractivity contribution is 5.92. The number of ether oxygens (including phenoxy) is 2. The number of rotatable bonds is 4. The van der Waals surface area contributed by atoms with Gasteiger partial charge in [-0.05, 0) is 31.9 Å². The summed E-state index contributed by atoms with van der Waals surface area (Å²) in [5, 5.41) is 0. The summed E-state index contributed by atoms with van der Waals surface area (Å²) in [4.78, 5) is 11.6. The molecule has 0 amide bonds. The lowest BCUT2D eigenvalue weighted by Crippen LogP contribution is -2.08. The minimum atomic E-state index is -0.311. The van der Waals surface area contributed by atoms with Gasteiger partial charge in [0.2, 0.25) is 0 Å². The number of hydrogen-bond donors (Lipinski definition) is 0. The molecule has 1 saturated carbocycles. The van der Waals surface area contributed by atoms with Gasteiger partial charge >= 0.3 is 5.97 Å². The first-order valence-electron chi connectivity index (χ1n) is 5.24. The van der Waals surface area contributed by atoms with Crippen LogP contribution in [0.3, 0.4) is 0 Å². The van der Waals surface area contributed by atoms with Gasteiger partial charge in [-0.25, -0.2) is 4.79 Å². The summed E-state index contributed by atoms with van der Waals surface area (Å²) in [6, 6.07) is 7.22. The van der Waals surface area contributed by atoms with Crippen molar-refractivity contribution >= 4 is 5.97 Å². The maximum absolute atomic E-state index is 11.6. The van der Waals surface area contributed by atoms with Crippen molar-refractivity contribution in [2.75, 3.05) is 6.61 Å². The van der Waals surface area contributed by atoms with Crippen LogP contribution in [0.25, 0.3) is 0 Å². The molecule has 0 radical (unpaired) electrons. The molecule has 15 heavy (non-hydrogen) atoms. The normalized spacial score (nSPS) is 14.7. The van der Waals surface area contributed by atoms with E-state index in [9.17, 15) is 4.79 Å². The number of benzene rings is 1. The fraction of sp³-hybridized carbons (Fsp3) is 0.417. The molecule has 1 aliphatic carbocycles. The molecular weight excluding hydrogens is 192 g/mol. The standard InChI is InChI=1S/C12H14O3/c1-2-14-12(13)10-5-3-4-6-11(10)15-9-7-8-9/h3-6,9H,2,7-8H2,1H3.